The second-order valence-corrected chi connectivity index (χ2v) is 7.30. The first-order chi connectivity index (χ1) is 13.9. The van der Waals surface area contributed by atoms with E-state index in [0.29, 0.717) is 35.7 Å². The third-order valence-corrected chi connectivity index (χ3v) is 5.49. The van der Waals surface area contributed by atoms with E-state index >= 15 is 4.39 Å². The second-order valence-electron chi connectivity index (χ2n) is 6.89. The number of halogens is 3. The molecule has 1 aliphatic rings. The normalized spacial score (nSPS) is 16.4. The first-order valence-electron chi connectivity index (χ1n) is 8.95. The van der Waals surface area contributed by atoms with Gasteiger partial charge in [-0.15, -0.1) is 0 Å². The number of nitrogens with one attached hydrogen (secondary N) is 1. The van der Waals surface area contributed by atoms with E-state index in [1.165, 1.54) is 18.2 Å². The first kappa shape index (κ1) is 19.4. The zero-order valence-corrected chi connectivity index (χ0v) is 16.2. The molecular formula is C21H16ClF2N3O2. The molecule has 1 atom stereocenters. The van der Waals surface area contributed by atoms with Gasteiger partial charge in [-0.25, -0.2) is 8.78 Å². The molecule has 3 aromatic rings. The van der Waals surface area contributed by atoms with Gasteiger partial charge in [0.1, 0.15) is 5.69 Å². The summed E-state index contributed by atoms with van der Waals surface area (Å²) < 4.78 is 35.3. The highest BCUT2D eigenvalue weighted by atomic mass is 35.5. The number of rotatable bonds is 3. The van der Waals surface area contributed by atoms with Gasteiger partial charge in [0, 0.05) is 42.9 Å². The lowest BCUT2D eigenvalue weighted by Gasteiger charge is -2.20. The third kappa shape index (κ3) is 3.35. The number of hydrogen-bond acceptors (Lipinski definition) is 4. The van der Waals surface area contributed by atoms with E-state index in [4.69, 9.17) is 21.6 Å². The summed E-state index contributed by atoms with van der Waals surface area (Å²) in [5.74, 6) is -1.67. The molecule has 1 aliphatic heterocycles. The predicted octanol–water partition coefficient (Wildman–Crippen LogP) is 4.22. The molecule has 5 nitrogen and oxygen atoms in total. The van der Waals surface area contributed by atoms with Crippen LogP contribution in [0.2, 0.25) is 5.02 Å². The van der Waals surface area contributed by atoms with Crippen molar-refractivity contribution in [3.8, 4) is 17.3 Å². The average molecular weight is 416 g/mol. The van der Waals surface area contributed by atoms with Crippen LogP contribution < -0.4 is 10.3 Å². The molecule has 2 aromatic carbocycles. The Kier molecular flexibility index (Phi) is 4.99. The first-order valence-corrected chi connectivity index (χ1v) is 9.33. The summed E-state index contributed by atoms with van der Waals surface area (Å²) in [4.78, 5) is 17.2. The molecule has 0 amide bonds. The Labute approximate surface area is 170 Å². The fourth-order valence-electron chi connectivity index (χ4n) is 3.69. The van der Waals surface area contributed by atoms with Gasteiger partial charge in [0.25, 0.3) is 0 Å². The zero-order chi connectivity index (χ0) is 20.7. The molecule has 0 radical (unpaired) electrons. The largest absolute Gasteiger partial charge is 0.380 e. The summed E-state index contributed by atoms with van der Waals surface area (Å²) in [5.41, 5.74) is 0.217. The minimum absolute atomic E-state index is 0.0205. The molecule has 8 heteroatoms. The molecule has 1 saturated heterocycles. The van der Waals surface area contributed by atoms with E-state index in [0.717, 1.165) is 6.07 Å². The molecule has 4 rings (SSSR count). The van der Waals surface area contributed by atoms with Crippen LogP contribution in [0, 0.1) is 23.0 Å². The number of aromatic amines is 1. The van der Waals surface area contributed by atoms with Crippen LogP contribution in [-0.4, -0.2) is 31.3 Å². The average Bonchev–Trinajstić information content (AvgIpc) is 3.16. The van der Waals surface area contributed by atoms with E-state index in [9.17, 15) is 9.18 Å². The summed E-state index contributed by atoms with van der Waals surface area (Å²) in [7, 11) is 1.56. The van der Waals surface area contributed by atoms with Gasteiger partial charge in [-0.2, -0.15) is 5.26 Å². The zero-order valence-electron chi connectivity index (χ0n) is 15.4. The molecule has 0 aliphatic carbocycles. The highest BCUT2D eigenvalue weighted by Crippen LogP contribution is 2.33. The summed E-state index contributed by atoms with van der Waals surface area (Å²) in [6.45, 7) is 0.785. The lowest BCUT2D eigenvalue weighted by Crippen LogP contribution is -2.25. The molecule has 0 saturated carbocycles. The molecule has 0 bridgehead atoms. The molecule has 1 N–H and O–H groups in total. The number of fused-ring (bicyclic) bond motifs is 1. The highest BCUT2D eigenvalue weighted by Gasteiger charge is 2.28. The maximum absolute atomic E-state index is 15.2. The molecule has 29 heavy (non-hydrogen) atoms. The van der Waals surface area contributed by atoms with Crippen molar-refractivity contribution >= 4 is 28.2 Å². The van der Waals surface area contributed by atoms with Crippen molar-refractivity contribution in [2.24, 2.45) is 0 Å². The van der Waals surface area contributed by atoms with Crippen LogP contribution in [0.3, 0.4) is 0 Å². The monoisotopic (exact) mass is 415 g/mol. The van der Waals surface area contributed by atoms with Crippen LogP contribution in [0.4, 0.5) is 14.5 Å². The van der Waals surface area contributed by atoms with Crippen LogP contribution >= 0.6 is 11.6 Å². The number of H-pyrrole nitrogens is 1. The topological polar surface area (TPSA) is 69.1 Å². The van der Waals surface area contributed by atoms with Gasteiger partial charge in [0.05, 0.1) is 34.3 Å². The smallest absolute Gasteiger partial charge is 0.193 e. The van der Waals surface area contributed by atoms with Crippen molar-refractivity contribution in [2.45, 2.75) is 12.5 Å². The number of pyridine rings is 1. The van der Waals surface area contributed by atoms with Crippen molar-refractivity contribution in [2.75, 3.05) is 25.1 Å². The molecular weight excluding hydrogens is 400 g/mol. The van der Waals surface area contributed by atoms with Gasteiger partial charge in [0.2, 0.25) is 0 Å². The number of nitriles is 1. The van der Waals surface area contributed by atoms with Gasteiger partial charge in [-0.3, -0.25) is 4.79 Å². The molecule has 1 fully saturated rings. The molecule has 1 aromatic heterocycles. The van der Waals surface area contributed by atoms with E-state index < -0.39 is 17.1 Å². The number of nitrogens with zero attached hydrogens (tertiary/aromatic N) is 2. The number of benzene rings is 2. The SMILES string of the molecule is CO[C@@H]1CCN(c2c(F)cc3[nH]c(-c4cc(C#N)ccc4Cl)cc(=O)c3c2F)C1. The highest BCUT2D eigenvalue weighted by molar-refractivity contribution is 6.33. The van der Waals surface area contributed by atoms with Crippen molar-refractivity contribution in [1.29, 1.82) is 5.26 Å². The fraction of sp³-hybridized carbons (Fsp3) is 0.238. The number of hydrogen-bond donors (Lipinski definition) is 1. The minimum Gasteiger partial charge on any atom is -0.380 e. The van der Waals surface area contributed by atoms with Gasteiger partial charge in [-0.05, 0) is 24.6 Å². The summed E-state index contributed by atoms with van der Waals surface area (Å²) in [5, 5.41) is 9.17. The Morgan fingerprint density at radius 1 is 1.31 bits per heavy atom. The van der Waals surface area contributed by atoms with Crippen LogP contribution in [0.15, 0.2) is 35.1 Å². The lowest BCUT2D eigenvalue weighted by atomic mass is 10.1. The van der Waals surface area contributed by atoms with Crippen molar-refractivity contribution in [3.05, 3.63) is 62.8 Å². The Morgan fingerprint density at radius 2 is 2.10 bits per heavy atom. The lowest BCUT2D eigenvalue weighted by molar-refractivity contribution is 0.121. The van der Waals surface area contributed by atoms with Crippen molar-refractivity contribution < 1.29 is 13.5 Å². The van der Waals surface area contributed by atoms with Crippen molar-refractivity contribution in [1.82, 2.24) is 4.98 Å². The molecule has 0 spiro atoms. The van der Waals surface area contributed by atoms with E-state index in [1.807, 2.05) is 6.07 Å². The van der Waals surface area contributed by atoms with Gasteiger partial charge in [0.15, 0.2) is 17.1 Å². The Hall–Kier alpha value is -2.95. The maximum atomic E-state index is 15.2. The van der Waals surface area contributed by atoms with Gasteiger partial charge >= 0.3 is 0 Å². The summed E-state index contributed by atoms with van der Waals surface area (Å²) in [6.07, 6.45) is 0.538. The fourth-order valence-corrected chi connectivity index (χ4v) is 3.91. The third-order valence-electron chi connectivity index (χ3n) is 5.17. The number of aromatic nitrogens is 1. The minimum atomic E-state index is -0.901. The van der Waals surface area contributed by atoms with Crippen LogP contribution in [-0.2, 0) is 4.74 Å². The van der Waals surface area contributed by atoms with Crippen LogP contribution in [0.5, 0.6) is 0 Å². The molecule has 148 valence electrons. The molecule has 0 unspecified atom stereocenters. The Bertz CT molecular complexity index is 1220. The second kappa shape index (κ2) is 7.47. The number of anilines is 1. The van der Waals surface area contributed by atoms with E-state index in [2.05, 4.69) is 4.98 Å². The van der Waals surface area contributed by atoms with Crippen LogP contribution in [0.25, 0.3) is 22.2 Å². The van der Waals surface area contributed by atoms with Gasteiger partial charge in [-0.1, -0.05) is 11.6 Å². The predicted molar refractivity (Wildman–Crippen MR) is 107 cm³/mol. The van der Waals surface area contributed by atoms with Crippen LogP contribution in [0.1, 0.15) is 12.0 Å². The van der Waals surface area contributed by atoms with Gasteiger partial charge < -0.3 is 14.6 Å². The quantitative estimate of drug-likeness (QED) is 0.695. The van der Waals surface area contributed by atoms with E-state index in [1.54, 1.807) is 18.1 Å². The Morgan fingerprint density at radius 3 is 2.79 bits per heavy atom. The number of methoxy groups -OCH3 is 1. The van der Waals surface area contributed by atoms with E-state index in [-0.39, 0.29) is 28.4 Å². The molecule has 2 heterocycles. The standard InChI is InChI=1S/C21H16ClF2N3O2/c1-29-12-4-5-27(10-12)21-15(23)7-17-19(20(21)24)18(28)8-16(26-17)13-6-11(9-25)2-3-14(13)22/h2-3,6-8,12H,4-5,10H2,1H3,(H,26,28)/t12-/m1/s1. The summed E-state index contributed by atoms with van der Waals surface area (Å²) in [6, 6.07) is 8.89. The van der Waals surface area contributed by atoms with Crippen molar-refractivity contribution in [3.63, 3.8) is 0 Å². The maximum Gasteiger partial charge on any atom is 0.193 e. The summed E-state index contributed by atoms with van der Waals surface area (Å²) >= 11 is 6.19. The Balaban J connectivity index is 1.88. The number of ether oxygens (including phenoxy) is 1.